The number of H-pyrrole nitrogens is 1. The van der Waals surface area contributed by atoms with Gasteiger partial charge in [0.1, 0.15) is 11.6 Å². The van der Waals surface area contributed by atoms with Crippen LogP contribution in [0.5, 0.6) is 0 Å². The van der Waals surface area contributed by atoms with Crippen LogP contribution in [0, 0.1) is 5.82 Å². The summed E-state index contributed by atoms with van der Waals surface area (Å²) >= 11 is 6.06. The second-order valence-electron chi connectivity index (χ2n) is 8.16. The first-order valence-electron chi connectivity index (χ1n) is 10.8. The number of carbonyl (C=O) groups excluding carboxylic acids is 2. The summed E-state index contributed by atoms with van der Waals surface area (Å²) in [4.78, 5) is 30.9. The highest BCUT2D eigenvalue weighted by molar-refractivity contribution is 6.46. The first kappa shape index (κ1) is 21.9. The van der Waals surface area contributed by atoms with Crippen LogP contribution in [0.3, 0.4) is 0 Å². The van der Waals surface area contributed by atoms with E-state index in [4.69, 9.17) is 11.6 Å². The molecule has 0 unspecified atom stereocenters. The summed E-state index contributed by atoms with van der Waals surface area (Å²) in [5.41, 5.74) is 2.88. The molecule has 0 bridgehead atoms. The molecule has 1 aliphatic heterocycles. The Morgan fingerprint density at radius 3 is 2.44 bits per heavy atom. The van der Waals surface area contributed by atoms with E-state index in [0.717, 1.165) is 16.5 Å². The van der Waals surface area contributed by atoms with Gasteiger partial charge in [-0.1, -0.05) is 41.9 Å². The van der Waals surface area contributed by atoms with E-state index in [0.29, 0.717) is 17.0 Å². The summed E-state index contributed by atoms with van der Waals surface area (Å²) in [5, 5.41) is 12.6. The van der Waals surface area contributed by atoms with Crippen molar-refractivity contribution >= 4 is 40.0 Å². The number of nitrogens with zero attached hydrogens (tertiary/aromatic N) is 1. The normalized spacial score (nSPS) is 17.6. The zero-order valence-corrected chi connectivity index (χ0v) is 18.7. The summed E-state index contributed by atoms with van der Waals surface area (Å²) in [6.07, 6.45) is 2.41. The lowest BCUT2D eigenvalue weighted by molar-refractivity contribution is -0.139. The molecule has 170 valence electrons. The minimum absolute atomic E-state index is 0.0298. The fourth-order valence-electron chi connectivity index (χ4n) is 4.44. The van der Waals surface area contributed by atoms with Gasteiger partial charge in [0, 0.05) is 34.2 Å². The number of rotatable bonds is 5. The Labute approximate surface area is 200 Å². The van der Waals surface area contributed by atoms with Gasteiger partial charge in [-0.25, -0.2) is 4.39 Å². The van der Waals surface area contributed by atoms with Gasteiger partial charge in [-0.2, -0.15) is 0 Å². The van der Waals surface area contributed by atoms with E-state index in [1.54, 1.807) is 24.3 Å². The Balaban J connectivity index is 1.56. The maximum Gasteiger partial charge on any atom is 0.295 e. The van der Waals surface area contributed by atoms with Crippen molar-refractivity contribution in [3.63, 3.8) is 0 Å². The van der Waals surface area contributed by atoms with Crippen LogP contribution in [-0.4, -0.2) is 33.2 Å². The predicted molar refractivity (Wildman–Crippen MR) is 129 cm³/mol. The Kier molecular flexibility index (Phi) is 5.67. The smallest absolute Gasteiger partial charge is 0.295 e. The van der Waals surface area contributed by atoms with Gasteiger partial charge >= 0.3 is 0 Å². The molecule has 1 aliphatic rings. The van der Waals surface area contributed by atoms with Crippen LogP contribution in [0.2, 0.25) is 5.02 Å². The molecule has 1 saturated heterocycles. The molecule has 7 heteroatoms. The standard InChI is InChI=1S/C27H20ClFN2O3/c28-19-9-5-16(6-10-19)24-23(25(32)17-7-11-20(29)12-8-17)26(33)27(34)31(24)14-13-18-15-30-22-4-2-1-3-21(18)22/h1-12,15,24,30,32H,13-14H2/t24-/m0/s1. The Hall–Kier alpha value is -3.90. The van der Waals surface area contributed by atoms with Crippen LogP contribution in [0.25, 0.3) is 16.7 Å². The molecule has 5 nitrogen and oxygen atoms in total. The number of fused-ring (bicyclic) bond motifs is 1. The molecule has 0 saturated carbocycles. The number of aromatic amines is 1. The van der Waals surface area contributed by atoms with E-state index in [1.807, 2.05) is 30.5 Å². The number of likely N-dealkylation sites (tertiary alicyclic amines) is 1. The number of carbonyl (C=O) groups is 2. The van der Waals surface area contributed by atoms with Gasteiger partial charge in [-0.15, -0.1) is 0 Å². The summed E-state index contributed by atoms with van der Waals surface area (Å²) in [6, 6.07) is 19.0. The summed E-state index contributed by atoms with van der Waals surface area (Å²) < 4.78 is 13.4. The number of Topliss-reactive ketones (excluding diaryl/α,β-unsaturated/α-hetero) is 1. The zero-order chi connectivity index (χ0) is 23.8. The lowest BCUT2D eigenvalue weighted by Crippen LogP contribution is -2.31. The third-order valence-electron chi connectivity index (χ3n) is 6.14. The number of halogens is 2. The molecule has 1 aromatic heterocycles. The van der Waals surface area contributed by atoms with Gasteiger partial charge in [0.15, 0.2) is 0 Å². The van der Waals surface area contributed by atoms with E-state index in [9.17, 15) is 19.1 Å². The maximum absolute atomic E-state index is 13.4. The average molecular weight is 475 g/mol. The number of benzene rings is 3. The van der Waals surface area contributed by atoms with Crippen molar-refractivity contribution in [3.8, 4) is 0 Å². The Bertz CT molecular complexity index is 1420. The number of aromatic nitrogens is 1. The Morgan fingerprint density at radius 1 is 1.00 bits per heavy atom. The number of aliphatic hydroxyl groups is 1. The quantitative estimate of drug-likeness (QED) is 0.224. The average Bonchev–Trinajstić information content (AvgIpc) is 3.37. The molecule has 3 aromatic carbocycles. The summed E-state index contributed by atoms with van der Waals surface area (Å²) in [7, 11) is 0. The number of hydrogen-bond acceptors (Lipinski definition) is 3. The van der Waals surface area contributed by atoms with Gasteiger partial charge in [-0.3, -0.25) is 9.59 Å². The zero-order valence-electron chi connectivity index (χ0n) is 18.0. The van der Waals surface area contributed by atoms with Crippen LogP contribution in [0.1, 0.15) is 22.7 Å². The minimum Gasteiger partial charge on any atom is -0.507 e. The van der Waals surface area contributed by atoms with Gasteiger partial charge < -0.3 is 15.0 Å². The SMILES string of the molecule is O=C1C(=O)N(CCc2c[nH]c3ccccc23)[C@@H](c2ccc(Cl)cc2)C1=C(O)c1ccc(F)cc1. The fraction of sp³-hybridized carbons (Fsp3) is 0.111. The number of aliphatic hydroxyl groups excluding tert-OH is 1. The molecule has 34 heavy (non-hydrogen) atoms. The molecule has 1 fully saturated rings. The monoisotopic (exact) mass is 474 g/mol. The van der Waals surface area contributed by atoms with E-state index in [2.05, 4.69) is 4.98 Å². The van der Waals surface area contributed by atoms with Crippen LogP contribution in [-0.2, 0) is 16.0 Å². The maximum atomic E-state index is 13.4. The van der Waals surface area contributed by atoms with E-state index in [1.165, 1.54) is 29.2 Å². The van der Waals surface area contributed by atoms with E-state index < -0.39 is 23.5 Å². The highest BCUT2D eigenvalue weighted by Crippen LogP contribution is 2.40. The minimum atomic E-state index is -0.799. The molecule has 0 aliphatic carbocycles. The highest BCUT2D eigenvalue weighted by Gasteiger charge is 2.45. The second-order valence-corrected chi connectivity index (χ2v) is 8.60. The first-order valence-corrected chi connectivity index (χ1v) is 11.2. The lowest BCUT2D eigenvalue weighted by atomic mass is 9.95. The van der Waals surface area contributed by atoms with Crippen molar-refractivity contribution in [2.75, 3.05) is 6.54 Å². The van der Waals surface area contributed by atoms with Crippen molar-refractivity contribution in [1.29, 1.82) is 0 Å². The molecule has 0 spiro atoms. The van der Waals surface area contributed by atoms with E-state index >= 15 is 0 Å². The van der Waals surface area contributed by atoms with Crippen LogP contribution in [0.15, 0.2) is 84.6 Å². The van der Waals surface area contributed by atoms with Gasteiger partial charge in [0.2, 0.25) is 0 Å². The molecule has 1 amide bonds. The highest BCUT2D eigenvalue weighted by atomic mass is 35.5. The van der Waals surface area contributed by atoms with Crippen LogP contribution >= 0.6 is 11.6 Å². The molecule has 2 N–H and O–H groups in total. The van der Waals surface area contributed by atoms with Crippen molar-refractivity contribution < 1.29 is 19.1 Å². The molecule has 0 radical (unpaired) electrons. The third-order valence-corrected chi connectivity index (χ3v) is 6.39. The van der Waals surface area contributed by atoms with Crippen molar-refractivity contribution in [1.82, 2.24) is 9.88 Å². The van der Waals surface area contributed by atoms with Crippen molar-refractivity contribution in [2.45, 2.75) is 12.5 Å². The van der Waals surface area contributed by atoms with Gasteiger partial charge in [-0.05, 0) is 60.0 Å². The molecular formula is C27H20ClFN2O3. The van der Waals surface area contributed by atoms with Crippen molar-refractivity contribution in [2.24, 2.45) is 0 Å². The first-order chi connectivity index (χ1) is 16.4. The largest absolute Gasteiger partial charge is 0.507 e. The number of ketones is 1. The number of para-hydroxylation sites is 1. The molecule has 4 aromatic rings. The van der Waals surface area contributed by atoms with Gasteiger partial charge in [0.25, 0.3) is 11.7 Å². The molecular weight excluding hydrogens is 455 g/mol. The number of hydrogen-bond donors (Lipinski definition) is 2. The van der Waals surface area contributed by atoms with Crippen molar-refractivity contribution in [3.05, 3.63) is 112 Å². The number of amides is 1. The Morgan fingerprint density at radius 2 is 1.71 bits per heavy atom. The topological polar surface area (TPSA) is 73.4 Å². The fourth-order valence-corrected chi connectivity index (χ4v) is 4.57. The molecule has 2 heterocycles. The third kappa shape index (κ3) is 3.86. The van der Waals surface area contributed by atoms with E-state index in [-0.39, 0.29) is 23.4 Å². The predicted octanol–water partition coefficient (Wildman–Crippen LogP) is 5.62. The van der Waals surface area contributed by atoms with Gasteiger partial charge in [0.05, 0.1) is 11.6 Å². The number of nitrogens with one attached hydrogen (secondary N) is 1. The molecule has 1 atom stereocenters. The summed E-state index contributed by atoms with van der Waals surface area (Å²) in [6.45, 7) is 0.264. The molecule has 5 rings (SSSR count). The van der Waals surface area contributed by atoms with Crippen LogP contribution < -0.4 is 0 Å². The lowest BCUT2D eigenvalue weighted by Gasteiger charge is -2.25. The summed E-state index contributed by atoms with van der Waals surface area (Å²) in [5.74, 6) is -2.28. The second kappa shape index (κ2) is 8.80. The van der Waals surface area contributed by atoms with Crippen LogP contribution in [0.4, 0.5) is 4.39 Å².